The van der Waals surface area contributed by atoms with Crippen molar-refractivity contribution in [1.29, 1.82) is 0 Å². The van der Waals surface area contributed by atoms with Gasteiger partial charge in [0.1, 0.15) is 0 Å². The summed E-state index contributed by atoms with van der Waals surface area (Å²) in [7, 11) is 0. The van der Waals surface area contributed by atoms with E-state index in [-0.39, 0.29) is 11.8 Å². The SMILES string of the molecule is O=C(NCC1CN(c2ncccn2)Cc2ccnn2C1)c1ccco1. The molecule has 1 aliphatic heterocycles. The number of amides is 1. The van der Waals surface area contributed by atoms with Crippen molar-refractivity contribution in [3.63, 3.8) is 0 Å². The number of carbonyl (C=O) groups is 1. The van der Waals surface area contributed by atoms with Gasteiger partial charge in [0.2, 0.25) is 5.95 Å². The smallest absolute Gasteiger partial charge is 0.286 e. The highest BCUT2D eigenvalue weighted by Crippen LogP contribution is 2.19. The maximum absolute atomic E-state index is 12.1. The molecule has 4 heterocycles. The van der Waals surface area contributed by atoms with Gasteiger partial charge in [0.15, 0.2) is 5.76 Å². The molecule has 8 heteroatoms. The molecule has 0 aromatic carbocycles. The van der Waals surface area contributed by atoms with Crippen LogP contribution in [0.4, 0.5) is 5.95 Å². The van der Waals surface area contributed by atoms with Gasteiger partial charge in [0, 0.05) is 44.1 Å². The number of nitrogens with zero attached hydrogens (tertiary/aromatic N) is 5. The first-order valence-electron chi connectivity index (χ1n) is 8.14. The first-order valence-corrected chi connectivity index (χ1v) is 8.14. The second kappa shape index (κ2) is 6.76. The first-order chi connectivity index (χ1) is 12.3. The van der Waals surface area contributed by atoms with Crippen molar-refractivity contribution in [2.24, 2.45) is 5.92 Å². The molecule has 0 spiro atoms. The molecule has 4 rings (SSSR count). The highest BCUT2D eigenvalue weighted by Gasteiger charge is 2.24. The molecule has 0 radical (unpaired) electrons. The van der Waals surface area contributed by atoms with Crippen molar-refractivity contribution in [3.8, 4) is 0 Å². The number of aromatic nitrogens is 4. The van der Waals surface area contributed by atoms with E-state index >= 15 is 0 Å². The average molecular weight is 338 g/mol. The quantitative estimate of drug-likeness (QED) is 0.772. The summed E-state index contributed by atoms with van der Waals surface area (Å²) < 4.78 is 7.11. The van der Waals surface area contributed by atoms with E-state index in [0.717, 1.165) is 18.8 Å². The van der Waals surface area contributed by atoms with Crippen LogP contribution < -0.4 is 10.2 Å². The van der Waals surface area contributed by atoms with Crippen LogP contribution in [0.15, 0.2) is 53.5 Å². The van der Waals surface area contributed by atoms with E-state index in [1.807, 2.05) is 10.7 Å². The minimum atomic E-state index is -0.211. The monoisotopic (exact) mass is 338 g/mol. The minimum Gasteiger partial charge on any atom is -0.459 e. The molecule has 0 saturated carbocycles. The van der Waals surface area contributed by atoms with Gasteiger partial charge in [-0.1, -0.05) is 0 Å². The number of hydrogen-bond acceptors (Lipinski definition) is 6. The van der Waals surface area contributed by atoms with Gasteiger partial charge in [-0.05, 0) is 24.3 Å². The second-order valence-electron chi connectivity index (χ2n) is 5.99. The summed E-state index contributed by atoms with van der Waals surface area (Å²) in [6.45, 7) is 2.66. The Bertz CT molecular complexity index is 830. The van der Waals surface area contributed by atoms with Crippen molar-refractivity contribution in [2.75, 3.05) is 18.0 Å². The van der Waals surface area contributed by atoms with Crippen LogP contribution >= 0.6 is 0 Å². The number of rotatable bonds is 4. The number of fused-ring (bicyclic) bond motifs is 1. The van der Waals surface area contributed by atoms with Gasteiger partial charge in [-0.25, -0.2) is 9.97 Å². The summed E-state index contributed by atoms with van der Waals surface area (Å²) >= 11 is 0. The second-order valence-corrected chi connectivity index (χ2v) is 5.99. The third-order valence-corrected chi connectivity index (χ3v) is 4.20. The molecule has 1 N–H and O–H groups in total. The molecule has 0 aliphatic carbocycles. The van der Waals surface area contributed by atoms with Crippen LogP contribution in [0.3, 0.4) is 0 Å². The van der Waals surface area contributed by atoms with E-state index < -0.39 is 0 Å². The van der Waals surface area contributed by atoms with Crippen molar-refractivity contribution in [1.82, 2.24) is 25.1 Å². The van der Waals surface area contributed by atoms with Gasteiger partial charge in [0.05, 0.1) is 18.5 Å². The molecule has 1 unspecified atom stereocenters. The molecular formula is C17H18N6O2. The van der Waals surface area contributed by atoms with Crippen molar-refractivity contribution in [2.45, 2.75) is 13.1 Å². The predicted molar refractivity (Wildman–Crippen MR) is 89.8 cm³/mol. The van der Waals surface area contributed by atoms with Crippen molar-refractivity contribution in [3.05, 3.63) is 60.6 Å². The first kappa shape index (κ1) is 15.4. The van der Waals surface area contributed by atoms with Crippen LogP contribution in [-0.2, 0) is 13.1 Å². The maximum atomic E-state index is 12.1. The van der Waals surface area contributed by atoms with Gasteiger partial charge in [0.25, 0.3) is 5.91 Å². The summed E-state index contributed by atoms with van der Waals surface area (Å²) in [4.78, 5) is 22.9. The summed E-state index contributed by atoms with van der Waals surface area (Å²) in [6.07, 6.45) is 6.75. The number of carbonyl (C=O) groups excluding carboxylic acids is 1. The average Bonchev–Trinajstić information content (AvgIpc) is 3.29. The molecule has 1 amide bonds. The Hall–Kier alpha value is -3.16. The molecule has 0 fully saturated rings. The molecule has 8 nitrogen and oxygen atoms in total. The zero-order chi connectivity index (χ0) is 17.1. The van der Waals surface area contributed by atoms with E-state index in [1.54, 1.807) is 36.8 Å². The maximum Gasteiger partial charge on any atom is 0.286 e. The van der Waals surface area contributed by atoms with E-state index in [9.17, 15) is 4.79 Å². The predicted octanol–water partition coefficient (Wildman–Crippen LogP) is 1.33. The lowest BCUT2D eigenvalue weighted by Gasteiger charge is -2.23. The number of hydrogen-bond donors (Lipinski definition) is 1. The lowest BCUT2D eigenvalue weighted by atomic mass is 10.1. The third kappa shape index (κ3) is 3.37. The zero-order valence-electron chi connectivity index (χ0n) is 13.6. The third-order valence-electron chi connectivity index (χ3n) is 4.20. The number of furan rings is 1. The molecule has 0 bridgehead atoms. The zero-order valence-corrected chi connectivity index (χ0v) is 13.6. The Balaban J connectivity index is 1.50. The van der Waals surface area contributed by atoms with Crippen LogP contribution in [-0.4, -0.2) is 38.7 Å². The summed E-state index contributed by atoms with van der Waals surface area (Å²) in [6, 6.07) is 7.15. The fourth-order valence-corrected chi connectivity index (χ4v) is 3.00. The van der Waals surface area contributed by atoms with Crippen molar-refractivity contribution >= 4 is 11.9 Å². The van der Waals surface area contributed by atoms with Gasteiger partial charge < -0.3 is 14.6 Å². The van der Waals surface area contributed by atoms with E-state index in [0.29, 0.717) is 24.8 Å². The summed E-state index contributed by atoms with van der Waals surface area (Å²) in [5.41, 5.74) is 1.10. The topological polar surface area (TPSA) is 89.1 Å². The van der Waals surface area contributed by atoms with Crippen LogP contribution in [0.25, 0.3) is 0 Å². The fourth-order valence-electron chi connectivity index (χ4n) is 3.00. The largest absolute Gasteiger partial charge is 0.459 e. The Kier molecular flexibility index (Phi) is 4.16. The highest BCUT2D eigenvalue weighted by atomic mass is 16.3. The van der Waals surface area contributed by atoms with Gasteiger partial charge in [-0.2, -0.15) is 5.10 Å². The number of anilines is 1. The van der Waals surface area contributed by atoms with Gasteiger partial charge in [-0.3, -0.25) is 9.48 Å². The molecule has 1 atom stereocenters. The minimum absolute atomic E-state index is 0.170. The highest BCUT2D eigenvalue weighted by molar-refractivity contribution is 5.91. The number of nitrogens with one attached hydrogen (secondary N) is 1. The van der Waals surface area contributed by atoms with Crippen LogP contribution in [0, 0.1) is 5.92 Å². The molecule has 128 valence electrons. The van der Waals surface area contributed by atoms with Gasteiger partial charge in [-0.15, -0.1) is 0 Å². The van der Waals surface area contributed by atoms with Gasteiger partial charge >= 0.3 is 0 Å². The lowest BCUT2D eigenvalue weighted by molar-refractivity contribution is 0.0918. The Morgan fingerprint density at radius 3 is 2.88 bits per heavy atom. The van der Waals surface area contributed by atoms with Crippen molar-refractivity contribution < 1.29 is 9.21 Å². The van der Waals surface area contributed by atoms with E-state index in [1.165, 1.54) is 6.26 Å². The Labute approximate surface area is 144 Å². The summed E-state index contributed by atoms with van der Waals surface area (Å²) in [5, 5.41) is 7.33. The van der Waals surface area contributed by atoms with Crippen LogP contribution in [0.1, 0.15) is 16.2 Å². The Morgan fingerprint density at radius 1 is 1.20 bits per heavy atom. The molecular weight excluding hydrogens is 320 g/mol. The standard InChI is InChI=1S/C17H18N6O2/c24-16(15-3-1-8-25-15)20-9-13-10-22(17-18-5-2-6-19-17)12-14-4-7-21-23(14)11-13/h1-8,13H,9-12H2,(H,20,24). The Morgan fingerprint density at radius 2 is 2.08 bits per heavy atom. The summed E-state index contributed by atoms with van der Waals surface area (Å²) in [5.74, 6) is 0.956. The van der Waals surface area contributed by atoms with E-state index in [4.69, 9.17) is 4.42 Å². The van der Waals surface area contributed by atoms with Crippen LogP contribution in [0.5, 0.6) is 0 Å². The molecule has 3 aromatic heterocycles. The fraction of sp³-hybridized carbons (Fsp3) is 0.294. The van der Waals surface area contributed by atoms with E-state index in [2.05, 4.69) is 25.3 Å². The normalized spacial score (nSPS) is 17.0. The molecule has 0 saturated heterocycles. The molecule has 25 heavy (non-hydrogen) atoms. The lowest BCUT2D eigenvalue weighted by Crippen LogP contribution is -2.37. The molecule has 1 aliphatic rings. The van der Waals surface area contributed by atoms with Crippen LogP contribution in [0.2, 0.25) is 0 Å². The molecule has 3 aromatic rings.